The van der Waals surface area contributed by atoms with Crippen LogP contribution in [0.4, 0.5) is 18.3 Å². The van der Waals surface area contributed by atoms with Gasteiger partial charge in [0, 0.05) is 25.4 Å². The molecule has 2 rings (SSSR count). The van der Waals surface area contributed by atoms with Crippen molar-refractivity contribution in [3.63, 3.8) is 0 Å². The second kappa shape index (κ2) is 6.08. The number of anilines is 1. The van der Waals surface area contributed by atoms with Crippen LogP contribution in [0.2, 0.25) is 0 Å². The van der Waals surface area contributed by atoms with Gasteiger partial charge >= 0.3 is 12.1 Å². The number of aromatic nitrogens is 3. The van der Waals surface area contributed by atoms with Crippen LogP contribution >= 0.6 is 11.3 Å². The number of thiazole rings is 1. The molecule has 2 heterocycles. The maximum atomic E-state index is 12.2. The van der Waals surface area contributed by atoms with Crippen LogP contribution in [0, 0.1) is 0 Å². The van der Waals surface area contributed by atoms with Gasteiger partial charge in [0.2, 0.25) is 0 Å². The molecule has 1 amide bonds. The van der Waals surface area contributed by atoms with Crippen LogP contribution in [0.3, 0.4) is 0 Å². The number of rotatable bonds is 5. The molecule has 114 valence electrons. The van der Waals surface area contributed by atoms with Crippen molar-refractivity contribution in [1.82, 2.24) is 20.4 Å². The van der Waals surface area contributed by atoms with Crippen LogP contribution in [-0.4, -0.2) is 34.6 Å². The number of carbonyl (C=O) groups excluding carboxylic acids is 1. The molecule has 0 unspecified atom stereocenters. The molecular formula is C10H10F3N5O2S. The van der Waals surface area contributed by atoms with Gasteiger partial charge in [0.25, 0.3) is 5.91 Å². The summed E-state index contributed by atoms with van der Waals surface area (Å²) in [6.45, 7) is 0.0715. The third-order valence-electron chi connectivity index (χ3n) is 2.30. The average molecular weight is 321 g/mol. The Morgan fingerprint density at radius 3 is 2.76 bits per heavy atom. The van der Waals surface area contributed by atoms with Gasteiger partial charge in [0.05, 0.1) is 0 Å². The van der Waals surface area contributed by atoms with Crippen LogP contribution in [0.5, 0.6) is 0 Å². The van der Waals surface area contributed by atoms with Gasteiger partial charge in [-0.2, -0.15) is 18.2 Å². The van der Waals surface area contributed by atoms with Crippen molar-refractivity contribution >= 4 is 22.4 Å². The number of carbonyl (C=O) groups is 1. The summed E-state index contributed by atoms with van der Waals surface area (Å²) >= 11 is 1.27. The van der Waals surface area contributed by atoms with Gasteiger partial charge in [0.15, 0.2) is 11.0 Å². The van der Waals surface area contributed by atoms with Crippen molar-refractivity contribution in [2.45, 2.75) is 12.6 Å². The van der Waals surface area contributed by atoms with Crippen molar-refractivity contribution in [3.8, 4) is 0 Å². The first-order valence-electron chi connectivity index (χ1n) is 5.71. The molecule has 0 aliphatic carbocycles. The quantitative estimate of drug-likeness (QED) is 0.868. The number of halogens is 3. The highest BCUT2D eigenvalue weighted by molar-refractivity contribution is 7.13. The molecule has 0 fully saturated rings. The summed E-state index contributed by atoms with van der Waals surface area (Å²) in [6, 6.07) is 0. The Hall–Kier alpha value is -2.17. The van der Waals surface area contributed by atoms with Gasteiger partial charge in [-0.25, -0.2) is 4.98 Å². The molecule has 0 atom stereocenters. The summed E-state index contributed by atoms with van der Waals surface area (Å²) in [5.41, 5.74) is 0.230. The molecule has 11 heteroatoms. The standard InChI is InChI=1S/C10H10F3N5O2S/c1-14-9-16-5(4-21-9)7(19)15-3-2-6-17-8(20-18-6)10(11,12)13/h4H,2-3H2,1H3,(H,14,16)(H,15,19). The molecule has 0 spiro atoms. The van der Waals surface area contributed by atoms with E-state index in [4.69, 9.17) is 0 Å². The monoisotopic (exact) mass is 321 g/mol. The van der Waals surface area contributed by atoms with E-state index in [9.17, 15) is 18.0 Å². The van der Waals surface area contributed by atoms with Gasteiger partial charge in [-0.15, -0.1) is 11.3 Å². The van der Waals surface area contributed by atoms with Gasteiger partial charge < -0.3 is 15.2 Å². The zero-order chi connectivity index (χ0) is 15.5. The molecule has 0 saturated carbocycles. The van der Waals surface area contributed by atoms with Crippen LogP contribution in [0.25, 0.3) is 0 Å². The molecule has 2 aromatic rings. The van der Waals surface area contributed by atoms with Crippen molar-refractivity contribution in [2.75, 3.05) is 18.9 Å². The molecule has 7 nitrogen and oxygen atoms in total. The predicted octanol–water partition coefficient (Wildman–Crippen LogP) is 1.56. The Balaban J connectivity index is 1.84. The van der Waals surface area contributed by atoms with Crippen LogP contribution in [0.15, 0.2) is 9.90 Å². The van der Waals surface area contributed by atoms with Crippen LogP contribution < -0.4 is 10.6 Å². The molecular weight excluding hydrogens is 311 g/mol. The second-order valence-electron chi connectivity index (χ2n) is 3.81. The van der Waals surface area contributed by atoms with Gasteiger partial charge in [0.1, 0.15) is 5.69 Å². The molecule has 21 heavy (non-hydrogen) atoms. The van der Waals surface area contributed by atoms with E-state index in [1.807, 2.05) is 0 Å². The van der Waals surface area contributed by atoms with Gasteiger partial charge in [-0.3, -0.25) is 4.79 Å². The molecule has 0 aromatic carbocycles. The first kappa shape index (κ1) is 15.2. The predicted molar refractivity (Wildman–Crippen MR) is 67.0 cm³/mol. The highest BCUT2D eigenvalue weighted by atomic mass is 32.1. The zero-order valence-electron chi connectivity index (χ0n) is 10.7. The molecule has 0 saturated heterocycles. The topological polar surface area (TPSA) is 92.9 Å². The lowest BCUT2D eigenvalue weighted by molar-refractivity contribution is -0.159. The van der Waals surface area contributed by atoms with Gasteiger partial charge in [-0.1, -0.05) is 5.16 Å². The Bertz CT molecular complexity index is 624. The number of alkyl halides is 3. The normalized spacial score (nSPS) is 11.4. The number of hydrogen-bond donors (Lipinski definition) is 2. The largest absolute Gasteiger partial charge is 0.471 e. The molecule has 2 N–H and O–H groups in total. The molecule has 0 aliphatic rings. The molecule has 2 aromatic heterocycles. The summed E-state index contributed by atoms with van der Waals surface area (Å²) in [4.78, 5) is 18.9. The third kappa shape index (κ3) is 3.90. The fourth-order valence-corrected chi connectivity index (χ4v) is 1.99. The lowest BCUT2D eigenvalue weighted by atomic mass is 10.4. The fraction of sp³-hybridized carbons (Fsp3) is 0.400. The smallest absolute Gasteiger partial charge is 0.365 e. The molecule has 0 radical (unpaired) electrons. The Kier molecular flexibility index (Phi) is 4.40. The van der Waals surface area contributed by atoms with E-state index in [1.165, 1.54) is 11.3 Å². The lowest BCUT2D eigenvalue weighted by Gasteiger charge is -2.00. The summed E-state index contributed by atoms with van der Waals surface area (Å²) in [6.07, 6.45) is -4.65. The van der Waals surface area contributed by atoms with E-state index >= 15 is 0 Å². The highest BCUT2D eigenvalue weighted by Gasteiger charge is 2.38. The van der Waals surface area contributed by atoms with Crippen LogP contribution in [0.1, 0.15) is 22.2 Å². The Morgan fingerprint density at radius 1 is 1.43 bits per heavy atom. The van der Waals surface area contributed by atoms with Gasteiger partial charge in [-0.05, 0) is 0 Å². The minimum Gasteiger partial charge on any atom is -0.365 e. The van der Waals surface area contributed by atoms with E-state index < -0.39 is 18.0 Å². The number of nitrogens with one attached hydrogen (secondary N) is 2. The number of hydrogen-bond acceptors (Lipinski definition) is 7. The molecule has 0 bridgehead atoms. The van der Waals surface area contributed by atoms with Crippen molar-refractivity contribution < 1.29 is 22.5 Å². The lowest BCUT2D eigenvalue weighted by Crippen LogP contribution is -2.26. The Labute approximate surface area is 120 Å². The maximum Gasteiger partial charge on any atom is 0.471 e. The van der Waals surface area contributed by atoms with E-state index in [1.54, 1.807) is 12.4 Å². The zero-order valence-corrected chi connectivity index (χ0v) is 11.5. The SMILES string of the molecule is CNc1nc(C(=O)NCCc2noc(C(F)(F)F)n2)cs1. The van der Waals surface area contributed by atoms with Crippen molar-refractivity contribution in [3.05, 3.63) is 22.8 Å². The van der Waals surface area contributed by atoms with Crippen molar-refractivity contribution in [1.29, 1.82) is 0 Å². The van der Waals surface area contributed by atoms with E-state index in [0.717, 1.165) is 0 Å². The minimum absolute atomic E-state index is 0.0222. The summed E-state index contributed by atoms with van der Waals surface area (Å²) in [5.74, 6) is -1.95. The highest BCUT2D eigenvalue weighted by Crippen LogP contribution is 2.27. The van der Waals surface area contributed by atoms with E-state index in [0.29, 0.717) is 5.13 Å². The number of nitrogens with zero attached hydrogens (tertiary/aromatic N) is 3. The fourth-order valence-electron chi connectivity index (χ4n) is 1.34. The first-order chi connectivity index (χ1) is 9.90. The number of amides is 1. The molecule has 0 aliphatic heterocycles. The average Bonchev–Trinajstić information content (AvgIpc) is 3.06. The first-order valence-corrected chi connectivity index (χ1v) is 6.59. The maximum absolute atomic E-state index is 12.2. The summed E-state index contributed by atoms with van der Waals surface area (Å²) in [5, 5.41) is 10.6. The second-order valence-corrected chi connectivity index (χ2v) is 4.67. The van der Waals surface area contributed by atoms with E-state index in [2.05, 4.69) is 30.3 Å². The van der Waals surface area contributed by atoms with Crippen LogP contribution in [-0.2, 0) is 12.6 Å². The summed E-state index contributed by atoms with van der Waals surface area (Å²) in [7, 11) is 1.68. The third-order valence-corrected chi connectivity index (χ3v) is 3.16. The Morgan fingerprint density at radius 2 is 2.19 bits per heavy atom. The van der Waals surface area contributed by atoms with Crippen molar-refractivity contribution in [2.24, 2.45) is 0 Å². The van der Waals surface area contributed by atoms with E-state index in [-0.39, 0.29) is 24.5 Å². The summed E-state index contributed by atoms with van der Waals surface area (Å²) < 4.78 is 40.8. The minimum atomic E-state index is -4.67.